The van der Waals surface area contributed by atoms with Crippen LogP contribution in [0.15, 0.2) is 247 Å². The molecule has 96 heavy (non-hydrogen) atoms. The average Bonchev–Trinajstić information content (AvgIpc) is 1.57. The Morgan fingerprint density at radius 1 is 0.260 bits per heavy atom. The van der Waals surface area contributed by atoms with Crippen molar-refractivity contribution in [2.75, 3.05) is 9.80 Å². The molecule has 0 atom stereocenters. The highest BCUT2D eigenvalue weighted by atomic mass is 79.9. The lowest BCUT2D eigenvalue weighted by Gasteiger charge is -2.32. The molecular weight excluding hydrogens is 1250 g/mol. The first-order valence-electron chi connectivity index (χ1n) is 33.8. The third-order valence-corrected chi connectivity index (χ3v) is 22.2. The van der Waals surface area contributed by atoms with Gasteiger partial charge in [0.2, 0.25) is 0 Å². The molecule has 5 aliphatic rings. The van der Waals surface area contributed by atoms with Gasteiger partial charge in [0, 0.05) is 49.4 Å². The number of halogens is 1. The maximum absolute atomic E-state index is 6.34. The molecule has 0 saturated carbocycles. The Morgan fingerprint density at radius 2 is 0.531 bits per heavy atom. The second-order valence-corrected chi connectivity index (χ2v) is 31.1. The van der Waals surface area contributed by atoms with Gasteiger partial charge in [-0.25, -0.2) is 0 Å². The van der Waals surface area contributed by atoms with E-state index in [4.69, 9.17) is 27.9 Å². The van der Waals surface area contributed by atoms with E-state index in [1.165, 1.54) is 72.4 Å². The molecular formula is C84H88B3BrN2O6. The smallest absolute Gasteiger partial charge is 0.405 e. The minimum Gasteiger partial charge on any atom is -0.405 e. The summed E-state index contributed by atoms with van der Waals surface area (Å²) in [5.41, 5.74) is 21.2. The van der Waals surface area contributed by atoms with Crippen LogP contribution in [0.4, 0.5) is 34.1 Å². The molecule has 0 bridgehead atoms. The first-order valence-corrected chi connectivity index (χ1v) is 34.6. The first-order chi connectivity index (χ1) is 45.5. The van der Waals surface area contributed by atoms with Gasteiger partial charge < -0.3 is 37.7 Å². The van der Waals surface area contributed by atoms with Gasteiger partial charge in [-0.15, -0.1) is 0 Å². The van der Waals surface area contributed by atoms with Crippen molar-refractivity contribution in [3.8, 4) is 44.5 Å². The zero-order valence-corrected chi connectivity index (χ0v) is 60.1. The van der Waals surface area contributed by atoms with Crippen molar-refractivity contribution in [2.45, 2.75) is 155 Å². The van der Waals surface area contributed by atoms with Gasteiger partial charge in [-0.3, -0.25) is 0 Å². The molecule has 0 N–H and O–H groups in total. The minimum atomic E-state index is -0.476. The molecule has 0 unspecified atom stereocenters. The third-order valence-electron chi connectivity index (χ3n) is 21.6. The van der Waals surface area contributed by atoms with E-state index in [1.54, 1.807) is 0 Å². The summed E-state index contributed by atoms with van der Waals surface area (Å²) in [5.74, 6) is 0. The summed E-state index contributed by atoms with van der Waals surface area (Å²) in [6, 6.07) is 87.4. The quantitative estimate of drug-likeness (QED) is 0.126. The number of rotatable bonds is 10. The molecule has 3 aliphatic heterocycles. The van der Waals surface area contributed by atoms with Gasteiger partial charge in [-0.05, 0) is 240 Å². The van der Waals surface area contributed by atoms with Crippen LogP contribution in [-0.2, 0) is 38.8 Å². The highest BCUT2D eigenvalue weighted by molar-refractivity contribution is 9.10. The number of benzene rings is 10. The zero-order chi connectivity index (χ0) is 68.0. The fraction of sp³-hybridized carbons (Fsp3) is 0.286. The van der Waals surface area contributed by atoms with E-state index in [0.717, 1.165) is 38.4 Å². The van der Waals surface area contributed by atoms with E-state index in [0.29, 0.717) is 0 Å². The maximum atomic E-state index is 6.34. The lowest BCUT2D eigenvalue weighted by molar-refractivity contribution is 0.00578. The second-order valence-electron chi connectivity index (χ2n) is 30.2. The lowest BCUT2D eigenvalue weighted by atomic mass is 9.49. The molecule has 0 aromatic heterocycles. The van der Waals surface area contributed by atoms with Gasteiger partial charge in [-0.2, -0.15) is 0 Å². The molecule has 10 aromatic carbocycles. The fourth-order valence-electron chi connectivity index (χ4n) is 13.8. The van der Waals surface area contributed by atoms with Crippen molar-refractivity contribution < 1.29 is 27.9 Å². The Kier molecular flexibility index (Phi) is 17.4. The Labute approximate surface area is 579 Å². The Balaban J connectivity index is 0.000000141. The Morgan fingerprint density at radius 3 is 0.885 bits per heavy atom. The summed E-state index contributed by atoms with van der Waals surface area (Å²) >= 11 is 3.60. The summed E-state index contributed by atoms with van der Waals surface area (Å²) in [4.78, 5) is 4.70. The lowest BCUT2D eigenvalue weighted by Crippen LogP contribution is -2.41. The van der Waals surface area contributed by atoms with E-state index >= 15 is 0 Å². The zero-order valence-electron chi connectivity index (χ0n) is 58.5. The molecule has 486 valence electrons. The average molecular weight is 1330 g/mol. The number of hydrogen-bond donors (Lipinski definition) is 0. The van der Waals surface area contributed by atoms with E-state index in [2.05, 4.69) is 324 Å². The van der Waals surface area contributed by atoms with Gasteiger partial charge in [0.05, 0.1) is 33.6 Å². The molecule has 2 aliphatic carbocycles. The standard InChI is InChI=1S/C39H38BNO2.C33H26BrN.C12H24B2O4/c1-37(2)35-15-11-10-14-33(35)34-25-24-32(26-36(34)37)41(30-20-16-28(17-21-30)27-12-8-7-9-13-27)31-22-18-29(19-23-31)40-42-38(3,4)39(5,6)43-40;1-33(2)31-11-7-6-10-29(31)30-21-20-28(22-32(30)33)35(27-18-14-25(34)15-19-27)26-16-12-24(13-17-26)23-8-4-3-5-9-23;1-9(2)10(3,4)16-13(15-9)14-17-11(5,6)12(7,8)18-14/h7-26H,1-6H3;3-22H,1-2H3;1-8H3. The van der Waals surface area contributed by atoms with E-state index in [9.17, 15) is 0 Å². The van der Waals surface area contributed by atoms with E-state index in [1.807, 2.05) is 55.4 Å². The van der Waals surface area contributed by atoms with Crippen LogP contribution in [0.25, 0.3) is 44.5 Å². The molecule has 3 saturated heterocycles. The Bertz CT molecular complexity index is 4380. The first kappa shape index (κ1) is 66.8. The SMILES string of the molecule is CC1(C)OB(B2OC(C)(C)C(C)(C)O2)OC1(C)C.CC1(C)c2ccccc2-c2ccc(N(c3ccc(B4OC(C)(C)C(C)(C)O4)cc3)c3ccc(-c4ccccc4)cc3)cc21.CC1(C)c2ccccc2-c2ccc(N(c3ccc(Br)cc3)c3ccc(-c4ccccc4)cc3)cc21. The summed E-state index contributed by atoms with van der Waals surface area (Å²) in [6.45, 7) is 33.9. The number of fused-ring (bicyclic) bond motifs is 6. The van der Waals surface area contributed by atoms with Gasteiger partial charge in [-0.1, -0.05) is 201 Å². The van der Waals surface area contributed by atoms with E-state index < -0.39 is 21.1 Å². The van der Waals surface area contributed by atoms with Crippen LogP contribution in [0, 0.1) is 0 Å². The minimum absolute atomic E-state index is 0.0372. The number of anilines is 6. The summed E-state index contributed by atoms with van der Waals surface area (Å²) in [5, 5.41) is 0. The topological polar surface area (TPSA) is 61.9 Å². The van der Waals surface area contributed by atoms with Gasteiger partial charge >= 0.3 is 21.1 Å². The van der Waals surface area contributed by atoms with Crippen molar-refractivity contribution >= 4 is 76.7 Å². The molecule has 3 heterocycles. The second kappa shape index (κ2) is 25.0. The molecule has 12 heteroatoms. The highest BCUT2D eigenvalue weighted by Gasteiger charge is 2.64. The predicted octanol–water partition coefficient (Wildman–Crippen LogP) is 21.6. The molecule has 15 rings (SSSR count). The van der Waals surface area contributed by atoms with Crippen molar-refractivity contribution in [1.29, 1.82) is 0 Å². The van der Waals surface area contributed by atoms with Crippen LogP contribution in [-0.4, -0.2) is 54.7 Å². The molecule has 10 aromatic rings. The predicted molar refractivity (Wildman–Crippen MR) is 404 cm³/mol. The van der Waals surface area contributed by atoms with Gasteiger partial charge in [0.1, 0.15) is 0 Å². The largest absolute Gasteiger partial charge is 0.494 e. The van der Waals surface area contributed by atoms with Crippen molar-refractivity contribution in [2.24, 2.45) is 0 Å². The van der Waals surface area contributed by atoms with Crippen LogP contribution in [0.3, 0.4) is 0 Å². The van der Waals surface area contributed by atoms with Crippen LogP contribution >= 0.6 is 15.9 Å². The summed E-state index contributed by atoms with van der Waals surface area (Å²) in [7, 11) is -1.34. The molecule has 3 fully saturated rings. The number of nitrogens with zero attached hydrogens (tertiary/aromatic N) is 2. The molecule has 0 amide bonds. The highest BCUT2D eigenvalue weighted by Crippen LogP contribution is 2.53. The molecule has 0 radical (unpaired) electrons. The molecule has 8 nitrogen and oxygen atoms in total. The fourth-order valence-corrected chi connectivity index (χ4v) is 14.0. The van der Waals surface area contributed by atoms with Crippen molar-refractivity contribution in [1.82, 2.24) is 0 Å². The maximum Gasteiger partial charge on any atom is 0.494 e. The third kappa shape index (κ3) is 12.3. The summed E-state index contributed by atoms with van der Waals surface area (Å²) < 4.78 is 37.6. The van der Waals surface area contributed by atoms with Crippen LogP contribution in [0.2, 0.25) is 0 Å². The normalized spacial score (nSPS) is 18.6. The van der Waals surface area contributed by atoms with Crippen LogP contribution in [0.5, 0.6) is 0 Å². The Hall–Kier alpha value is -7.77. The van der Waals surface area contributed by atoms with Crippen molar-refractivity contribution in [3.63, 3.8) is 0 Å². The summed E-state index contributed by atoms with van der Waals surface area (Å²) in [6.07, 6.45) is 0. The van der Waals surface area contributed by atoms with Gasteiger partial charge in [0.15, 0.2) is 0 Å². The van der Waals surface area contributed by atoms with E-state index in [-0.39, 0.29) is 44.4 Å². The molecule has 0 spiro atoms. The number of hydrogen-bond acceptors (Lipinski definition) is 8. The van der Waals surface area contributed by atoms with Gasteiger partial charge in [0.25, 0.3) is 0 Å². The monoisotopic (exact) mass is 1330 g/mol. The van der Waals surface area contributed by atoms with Crippen LogP contribution < -0.4 is 15.3 Å². The van der Waals surface area contributed by atoms with Crippen molar-refractivity contribution in [3.05, 3.63) is 269 Å². The van der Waals surface area contributed by atoms with Crippen LogP contribution in [0.1, 0.15) is 133 Å².